The summed E-state index contributed by atoms with van der Waals surface area (Å²) in [5.41, 5.74) is -0.361. The molecule has 4 atom stereocenters. The molecule has 2 amide bonds. The fourth-order valence-electron chi connectivity index (χ4n) is 6.13. The molecule has 3 aliphatic rings. The van der Waals surface area contributed by atoms with E-state index in [1.54, 1.807) is 42.5 Å². The Labute approximate surface area is 253 Å². The number of benzene rings is 2. The minimum Gasteiger partial charge on any atom is -0.504 e. The van der Waals surface area contributed by atoms with Gasteiger partial charge in [0.25, 0.3) is 11.8 Å². The molecule has 3 heterocycles. The molecule has 0 bridgehead atoms. The van der Waals surface area contributed by atoms with Gasteiger partial charge in [0.15, 0.2) is 21.2 Å². The number of phenolic OH excluding ortho intramolecular Hbond substituents is 1. The number of carbonyl (C=O) groups is 2. The molecule has 3 aromatic rings. The number of amides is 2. The maximum atomic E-state index is 13.9. The highest BCUT2D eigenvalue weighted by Gasteiger charge is 2.75. The standard InChI is InChI=1S/C26H20Br2Cl2N4O6/c1-40-18-10-13(28)9-16(20(18)35)19-15-7-8-32-23(38)33(14-5-3-2-4-6-14)24(39)34(32)17(15)11-25(29)21(36)31(12-27)22(37)26(19,25)30/h2-7,9-10,17,19,35H,8,11-12H2,1H3/t17-,19-,25-,26+/m1/s1. The Morgan fingerprint density at radius 3 is 2.42 bits per heavy atom. The van der Waals surface area contributed by atoms with E-state index < -0.39 is 44.9 Å². The average Bonchev–Trinajstić information content (AvgIpc) is 3.28. The second-order valence-corrected chi connectivity index (χ2v) is 12.4. The zero-order valence-corrected chi connectivity index (χ0v) is 25.4. The fraction of sp³-hybridized carbons (Fsp3) is 0.308. The highest BCUT2D eigenvalue weighted by Crippen LogP contribution is 2.64. The predicted octanol–water partition coefficient (Wildman–Crippen LogP) is 3.62. The molecule has 0 radical (unpaired) electrons. The van der Waals surface area contributed by atoms with Gasteiger partial charge in [-0.15, -0.1) is 23.2 Å². The number of aromatic hydroxyl groups is 1. The lowest BCUT2D eigenvalue weighted by Gasteiger charge is -2.49. The van der Waals surface area contributed by atoms with Crippen LogP contribution in [0.5, 0.6) is 11.5 Å². The number of nitrogens with zero attached hydrogens (tertiary/aromatic N) is 4. The van der Waals surface area contributed by atoms with E-state index in [-0.39, 0.29) is 35.5 Å². The quantitative estimate of drug-likeness (QED) is 0.191. The first-order chi connectivity index (χ1) is 19.0. The molecule has 40 heavy (non-hydrogen) atoms. The number of hydrogen-bond donors (Lipinski definition) is 1. The highest BCUT2D eigenvalue weighted by molar-refractivity contribution is 9.10. The van der Waals surface area contributed by atoms with E-state index in [9.17, 15) is 24.3 Å². The predicted molar refractivity (Wildman–Crippen MR) is 154 cm³/mol. The molecule has 1 N–H and O–H groups in total. The first-order valence-electron chi connectivity index (χ1n) is 12.1. The topological polar surface area (TPSA) is 116 Å². The van der Waals surface area contributed by atoms with Crippen molar-refractivity contribution in [3.8, 4) is 17.2 Å². The fourth-order valence-corrected chi connectivity index (χ4v) is 7.98. The first kappa shape index (κ1) is 27.4. The van der Waals surface area contributed by atoms with Gasteiger partial charge in [-0.1, -0.05) is 56.1 Å². The number of methoxy groups -OCH3 is 1. The van der Waals surface area contributed by atoms with Gasteiger partial charge in [-0.3, -0.25) is 14.5 Å². The van der Waals surface area contributed by atoms with Crippen molar-refractivity contribution in [2.75, 3.05) is 12.6 Å². The van der Waals surface area contributed by atoms with Crippen LogP contribution in [0.25, 0.3) is 5.69 Å². The summed E-state index contributed by atoms with van der Waals surface area (Å²) in [6.07, 6.45) is 1.45. The lowest BCUT2D eigenvalue weighted by Crippen LogP contribution is -2.59. The van der Waals surface area contributed by atoms with Crippen molar-refractivity contribution in [2.24, 2.45) is 0 Å². The number of imide groups is 1. The van der Waals surface area contributed by atoms with Gasteiger partial charge < -0.3 is 9.84 Å². The molecule has 2 aromatic carbocycles. The summed E-state index contributed by atoms with van der Waals surface area (Å²) >= 11 is 21.0. The van der Waals surface area contributed by atoms with Crippen LogP contribution in [-0.4, -0.2) is 58.1 Å². The molecule has 2 fully saturated rings. The Balaban J connectivity index is 1.65. The molecular weight excluding hydrogens is 695 g/mol. The van der Waals surface area contributed by atoms with Crippen LogP contribution in [0.15, 0.2) is 68.2 Å². The minimum absolute atomic E-state index is 0.0192. The van der Waals surface area contributed by atoms with Gasteiger partial charge in [0, 0.05) is 22.4 Å². The van der Waals surface area contributed by atoms with E-state index in [0.717, 1.165) is 9.47 Å². The van der Waals surface area contributed by atoms with Gasteiger partial charge in [-0.05, 0) is 29.8 Å². The van der Waals surface area contributed by atoms with Gasteiger partial charge in [0.1, 0.15) is 0 Å². The van der Waals surface area contributed by atoms with E-state index in [0.29, 0.717) is 15.7 Å². The first-order valence-corrected chi connectivity index (χ1v) is 14.7. The van der Waals surface area contributed by atoms with Crippen molar-refractivity contribution in [3.63, 3.8) is 0 Å². The van der Waals surface area contributed by atoms with Crippen molar-refractivity contribution >= 4 is 66.9 Å². The summed E-state index contributed by atoms with van der Waals surface area (Å²) in [4.78, 5) is 51.7. The molecule has 14 heteroatoms. The van der Waals surface area contributed by atoms with Crippen molar-refractivity contribution < 1.29 is 19.4 Å². The Morgan fingerprint density at radius 2 is 1.77 bits per heavy atom. The third-order valence-corrected chi connectivity index (χ3v) is 10.3. The minimum atomic E-state index is -2.07. The van der Waals surface area contributed by atoms with Crippen LogP contribution in [0.1, 0.15) is 23.9 Å². The van der Waals surface area contributed by atoms with E-state index in [1.165, 1.54) is 22.5 Å². The van der Waals surface area contributed by atoms with Crippen LogP contribution in [0.3, 0.4) is 0 Å². The molecule has 208 valence electrons. The van der Waals surface area contributed by atoms with Crippen LogP contribution in [0.4, 0.5) is 0 Å². The zero-order chi connectivity index (χ0) is 28.7. The van der Waals surface area contributed by atoms with E-state index in [2.05, 4.69) is 31.9 Å². The maximum Gasteiger partial charge on any atom is 0.352 e. The van der Waals surface area contributed by atoms with E-state index in [1.807, 2.05) is 0 Å². The van der Waals surface area contributed by atoms with E-state index >= 15 is 0 Å². The van der Waals surface area contributed by atoms with Crippen LogP contribution < -0.4 is 16.1 Å². The summed E-state index contributed by atoms with van der Waals surface area (Å²) in [5, 5.41) is 11.3. The number of phenols is 1. The number of rotatable bonds is 4. The smallest absolute Gasteiger partial charge is 0.352 e. The number of halogens is 4. The molecule has 1 saturated heterocycles. The molecule has 1 saturated carbocycles. The van der Waals surface area contributed by atoms with Crippen LogP contribution in [-0.2, 0) is 16.1 Å². The van der Waals surface area contributed by atoms with Gasteiger partial charge in [0.2, 0.25) is 0 Å². The van der Waals surface area contributed by atoms with Crippen molar-refractivity contribution in [1.82, 2.24) is 18.8 Å². The summed E-state index contributed by atoms with van der Waals surface area (Å²) in [6, 6.07) is 10.6. The second-order valence-electron chi connectivity index (χ2n) is 9.74. The Bertz CT molecular complexity index is 1750. The van der Waals surface area contributed by atoms with Gasteiger partial charge >= 0.3 is 11.4 Å². The van der Waals surface area contributed by atoms with Crippen molar-refractivity contribution in [3.05, 3.63) is 85.1 Å². The van der Waals surface area contributed by atoms with Crippen LogP contribution >= 0.6 is 55.1 Å². The summed E-state index contributed by atoms with van der Waals surface area (Å²) in [5.74, 6) is -2.86. The van der Waals surface area contributed by atoms with Gasteiger partial charge in [-0.25, -0.2) is 23.5 Å². The second kappa shape index (κ2) is 9.37. The molecular formula is C26H20Br2Cl2N4O6. The molecule has 0 unspecified atom stereocenters. The lowest BCUT2D eigenvalue weighted by molar-refractivity contribution is -0.138. The van der Waals surface area contributed by atoms with Gasteiger partial charge in [0.05, 0.1) is 30.8 Å². The molecule has 1 aliphatic carbocycles. The van der Waals surface area contributed by atoms with Gasteiger partial charge in [-0.2, -0.15) is 0 Å². The van der Waals surface area contributed by atoms with E-state index in [4.69, 9.17) is 27.9 Å². The number of fused-ring (bicyclic) bond motifs is 4. The third kappa shape index (κ3) is 3.39. The lowest BCUT2D eigenvalue weighted by atomic mass is 9.64. The van der Waals surface area contributed by atoms with Crippen molar-refractivity contribution in [2.45, 2.75) is 34.7 Å². The summed E-state index contributed by atoms with van der Waals surface area (Å²) < 4.78 is 9.43. The molecule has 1 aromatic heterocycles. The number of aromatic nitrogens is 3. The average molecular weight is 715 g/mol. The SMILES string of the molecule is COc1cc(Br)cc([C@H]2C3=CCn4c(=O)n(-c5ccccc5)c(=O)n4[C@@H]3C[C@@]3(Cl)C(=O)N(CBr)C(=O)[C@@]23Cl)c1O. The molecule has 2 aliphatic heterocycles. The number of ether oxygens (including phenoxy) is 1. The zero-order valence-electron chi connectivity index (χ0n) is 20.7. The maximum absolute atomic E-state index is 13.9. The number of hydrogen-bond acceptors (Lipinski definition) is 6. The van der Waals surface area contributed by atoms with Crippen molar-refractivity contribution in [1.29, 1.82) is 0 Å². The molecule has 6 rings (SSSR count). The van der Waals surface area contributed by atoms with Crippen LogP contribution in [0, 0.1) is 0 Å². The van der Waals surface area contributed by atoms with Crippen LogP contribution in [0.2, 0.25) is 0 Å². The number of carbonyl (C=O) groups excluding carboxylic acids is 2. The number of para-hydroxylation sites is 1. The number of allylic oxidation sites excluding steroid dienone is 2. The highest BCUT2D eigenvalue weighted by atomic mass is 79.9. The largest absolute Gasteiger partial charge is 0.504 e. The summed E-state index contributed by atoms with van der Waals surface area (Å²) in [6.45, 7) is -0.0192. The molecule has 0 spiro atoms. The monoisotopic (exact) mass is 712 g/mol. The summed E-state index contributed by atoms with van der Waals surface area (Å²) in [7, 11) is 1.37. The number of alkyl halides is 3. The Kier molecular flexibility index (Phi) is 6.41. The Morgan fingerprint density at radius 1 is 1.07 bits per heavy atom. The Hall–Kier alpha value is -2.80. The number of likely N-dealkylation sites (tertiary alicyclic amines) is 1. The third-order valence-electron chi connectivity index (χ3n) is 7.90. The normalized spacial score (nSPS) is 27.2. The molecule has 10 nitrogen and oxygen atoms in total.